The molecule has 0 fully saturated rings. The molecule has 158 valence electrons. The molecule has 1 atom stereocenters. The van der Waals surface area contributed by atoms with Crippen LogP contribution < -0.4 is 9.88 Å². The van der Waals surface area contributed by atoms with E-state index in [0.717, 1.165) is 19.5 Å². The van der Waals surface area contributed by atoms with Gasteiger partial charge in [0.05, 0.1) is 26.7 Å². The summed E-state index contributed by atoms with van der Waals surface area (Å²) >= 11 is 0. The predicted molar refractivity (Wildman–Crippen MR) is 91.3 cm³/mol. The molecule has 0 spiro atoms. The van der Waals surface area contributed by atoms with Crippen molar-refractivity contribution in [2.24, 2.45) is 13.0 Å². The summed E-state index contributed by atoms with van der Waals surface area (Å²) in [6.45, 7) is 8.68. The van der Waals surface area contributed by atoms with Crippen LogP contribution in [-0.4, -0.2) is 22.3 Å². The minimum atomic E-state index is -10.7. The fraction of sp³-hybridized carbons (Fsp3) is 0.800. The fourth-order valence-electron chi connectivity index (χ4n) is 2.34. The van der Waals surface area contributed by atoms with Gasteiger partial charge >= 0.3 is 33.0 Å². The van der Waals surface area contributed by atoms with Crippen LogP contribution in [0.5, 0.6) is 0 Å². The molecule has 0 saturated carbocycles. The predicted octanol–water partition coefficient (Wildman–Crippen LogP) is 4.99. The Kier molecular flexibility index (Phi) is 8.59. The van der Waals surface area contributed by atoms with Gasteiger partial charge in [-0.2, -0.15) is 0 Å². The van der Waals surface area contributed by atoms with Crippen molar-refractivity contribution in [2.75, 3.05) is 6.61 Å². The molecule has 0 aliphatic carbocycles. The zero-order valence-corrected chi connectivity index (χ0v) is 16.5. The first-order chi connectivity index (χ1) is 11.5. The number of aromatic nitrogens is 2. The van der Waals surface area contributed by atoms with Crippen molar-refractivity contribution in [2.45, 2.75) is 59.2 Å². The molecular formula is C15H30F6N3OP. The molecule has 0 unspecified atom stereocenters. The normalized spacial score (nSPS) is 15.8. The molecule has 0 aromatic carbocycles. The number of hydrogen-bond acceptors (Lipinski definition) is 2. The molecule has 1 aromatic rings. The first kappa shape index (κ1) is 25.1. The summed E-state index contributed by atoms with van der Waals surface area (Å²) in [5.74, 6) is 1.88. The standard InChI is InChI=1S/C15H30N3O.F6P/c1-5-6-7-18-9-8-17(4)15(18)11-16-14(12-19)10-13(2)3;1-7(2,3,4,5)6/h8-9,13-14,16,19H,5-7,10-12H2,1-4H3;/q+1;-1/t14-;/m1./s1. The Balaban J connectivity index is 0.000000758. The van der Waals surface area contributed by atoms with Crippen LogP contribution in [0.15, 0.2) is 12.4 Å². The summed E-state index contributed by atoms with van der Waals surface area (Å²) in [6, 6.07) is 0.189. The molecule has 11 heteroatoms. The van der Waals surface area contributed by atoms with Crippen LogP contribution in [0, 0.1) is 5.92 Å². The molecule has 0 amide bonds. The van der Waals surface area contributed by atoms with E-state index < -0.39 is 7.81 Å². The van der Waals surface area contributed by atoms with Crippen molar-refractivity contribution in [1.29, 1.82) is 0 Å². The molecular weight excluding hydrogens is 383 g/mol. The Hall–Kier alpha value is -0.860. The van der Waals surface area contributed by atoms with Crippen LogP contribution in [-0.2, 0) is 20.1 Å². The van der Waals surface area contributed by atoms with Gasteiger partial charge in [-0.05, 0) is 18.8 Å². The number of aryl methyl sites for hydroxylation is 2. The van der Waals surface area contributed by atoms with Gasteiger partial charge in [0, 0.05) is 6.04 Å². The molecule has 26 heavy (non-hydrogen) atoms. The summed E-state index contributed by atoms with van der Waals surface area (Å²) in [6.07, 6.45) is 7.67. The van der Waals surface area contributed by atoms with Gasteiger partial charge in [-0.15, -0.1) is 0 Å². The van der Waals surface area contributed by atoms with E-state index in [1.54, 1.807) is 0 Å². The number of hydrogen-bond donors (Lipinski definition) is 2. The van der Waals surface area contributed by atoms with Crippen molar-refractivity contribution in [3.63, 3.8) is 0 Å². The zero-order valence-electron chi connectivity index (χ0n) is 15.6. The van der Waals surface area contributed by atoms with Gasteiger partial charge < -0.3 is 10.4 Å². The summed E-state index contributed by atoms with van der Waals surface area (Å²) in [4.78, 5) is 0. The van der Waals surface area contributed by atoms with E-state index in [-0.39, 0.29) is 12.6 Å². The maximum atomic E-state index is 9.87. The Bertz CT molecular complexity index is 533. The second-order valence-electron chi connectivity index (χ2n) is 6.72. The first-order valence-electron chi connectivity index (χ1n) is 8.47. The van der Waals surface area contributed by atoms with E-state index in [4.69, 9.17) is 0 Å². The van der Waals surface area contributed by atoms with Crippen LogP contribution in [0.25, 0.3) is 0 Å². The molecule has 1 heterocycles. The quantitative estimate of drug-likeness (QED) is 0.340. The van der Waals surface area contributed by atoms with Gasteiger partial charge in [-0.25, -0.2) is 9.13 Å². The number of aliphatic hydroxyl groups excluding tert-OH is 1. The molecule has 0 bridgehead atoms. The SMILES string of the molecule is CCCCn1cc[n+](C)c1CN[C@@H](CO)CC(C)C.F[P-](F)(F)(F)(F)F. The molecule has 2 N–H and O–H groups in total. The molecule has 0 aliphatic rings. The fourth-order valence-corrected chi connectivity index (χ4v) is 2.34. The Morgan fingerprint density at radius 1 is 1.19 bits per heavy atom. The number of nitrogens with zero attached hydrogens (tertiary/aromatic N) is 2. The van der Waals surface area contributed by atoms with E-state index in [9.17, 15) is 30.3 Å². The van der Waals surface area contributed by atoms with Crippen LogP contribution in [0.4, 0.5) is 25.2 Å². The number of unbranched alkanes of at least 4 members (excludes halogenated alkanes) is 1. The van der Waals surface area contributed by atoms with Gasteiger partial charge in [-0.1, -0.05) is 27.2 Å². The van der Waals surface area contributed by atoms with Crippen molar-refractivity contribution in [3.05, 3.63) is 18.2 Å². The van der Waals surface area contributed by atoms with Crippen molar-refractivity contribution in [1.82, 2.24) is 9.88 Å². The second kappa shape index (κ2) is 8.89. The van der Waals surface area contributed by atoms with Crippen molar-refractivity contribution in [3.8, 4) is 0 Å². The average Bonchev–Trinajstić information content (AvgIpc) is 2.78. The van der Waals surface area contributed by atoms with E-state index in [1.807, 2.05) is 0 Å². The van der Waals surface area contributed by atoms with Gasteiger partial charge in [0.1, 0.15) is 12.4 Å². The third kappa shape index (κ3) is 15.4. The Morgan fingerprint density at radius 3 is 2.15 bits per heavy atom. The monoisotopic (exact) mass is 413 g/mol. The number of aliphatic hydroxyl groups is 1. The molecule has 4 nitrogen and oxygen atoms in total. The number of halogens is 6. The van der Waals surface area contributed by atoms with Crippen molar-refractivity contribution < 1.29 is 34.9 Å². The molecule has 1 aromatic heterocycles. The summed E-state index contributed by atoms with van der Waals surface area (Å²) < 4.78 is 63.7. The van der Waals surface area contributed by atoms with E-state index in [2.05, 4.69) is 54.7 Å². The van der Waals surface area contributed by atoms with Gasteiger partial charge in [0.15, 0.2) is 0 Å². The number of nitrogens with one attached hydrogen (secondary N) is 1. The van der Waals surface area contributed by atoms with Crippen LogP contribution in [0.1, 0.15) is 45.9 Å². The second-order valence-corrected chi connectivity index (χ2v) is 8.64. The number of rotatable bonds is 9. The van der Waals surface area contributed by atoms with E-state index >= 15 is 0 Å². The number of imidazole rings is 1. The van der Waals surface area contributed by atoms with Crippen LogP contribution >= 0.6 is 7.81 Å². The third-order valence-electron chi connectivity index (χ3n) is 3.49. The first-order valence-corrected chi connectivity index (χ1v) is 10.5. The van der Waals surface area contributed by atoms with Crippen LogP contribution in [0.2, 0.25) is 0 Å². The Labute approximate surface area is 150 Å². The minimum absolute atomic E-state index is 0.189. The summed E-state index contributed by atoms with van der Waals surface area (Å²) in [5.41, 5.74) is 0. The summed E-state index contributed by atoms with van der Waals surface area (Å²) in [5, 5.41) is 12.9. The summed E-state index contributed by atoms with van der Waals surface area (Å²) in [7, 11) is -8.58. The Morgan fingerprint density at radius 2 is 1.73 bits per heavy atom. The van der Waals surface area contributed by atoms with Gasteiger partial charge in [0.25, 0.3) is 5.82 Å². The zero-order chi connectivity index (χ0) is 20.7. The van der Waals surface area contributed by atoms with E-state index in [0.29, 0.717) is 5.92 Å². The molecule has 0 aliphatic heterocycles. The molecule has 0 saturated heterocycles. The van der Waals surface area contributed by atoms with Crippen molar-refractivity contribution >= 4 is 7.81 Å². The third-order valence-corrected chi connectivity index (χ3v) is 3.49. The molecule has 1 rings (SSSR count). The molecule has 0 radical (unpaired) electrons. The topological polar surface area (TPSA) is 41.1 Å². The maximum absolute atomic E-state index is 10.7. The van der Waals surface area contributed by atoms with Gasteiger partial charge in [0.2, 0.25) is 0 Å². The van der Waals surface area contributed by atoms with E-state index in [1.165, 1.54) is 18.7 Å². The van der Waals surface area contributed by atoms with Gasteiger partial charge in [-0.3, -0.25) is 0 Å². The average molecular weight is 413 g/mol. The van der Waals surface area contributed by atoms with Crippen LogP contribution in [0.3, 0.4) is 0 Å².